The van der Waals surface area contributed by atoms with Crippen molar-refractivity contribution in [3.8, 4) is 11.3 Å². The maximum atomic E-state index is 12.6. The van der Waals surface area contributed by atoms with Crippen LogP contribution in [0, 0.1) is 0 Å². The minimum Gasteiger partial charge on any atom is -0.351 e. The van der Waals surface area contributed by atoms with Crippen molar-refractivity contribution in [1.82, 2.24) is 20.0 Å². The zero-order valence-electron chi connectivity index (χ0n) is 14.4. The Morgan fingerprint density at radius 1 is 1.36 bits per heavy atom. The molecular formula is C18H22N4O2S. The van der Waals surface area contributed by atoms with E-state index in [1.807, 2.05) is 16.6 Å². The number of carbonyl (C=O) groups excluding carboxylic acids is 2. The monoisotopic (exact) mass is 358 g/mol. The molecule has 1 aliphatic carbocycles. The standard InChI is InChI=1S/C18H22N4O2S/c1-21-17-12-7-11-25-14(12)6-5-13(17)16(20-21)18(24)19-8-3-10-22-9-2-4-15(22)23/h7,11H,2-6,8-10H2,1H3,(H,19,24). The Balaban J connectivity index is 1.40. The second-order valence-corrected chi connectivity index (χ2v) is 7.65. The predicted octanol–water partition coefficient (Wildman–Crippen LogP) is 1.99. The van der Waals surface area contributed by atoms with Gasteiger partial charge in [-0.15, -0.1) is 11.3 Å². The van der Waals surface area contributed by atoms with E-state index in [1.54, 1.807) is 11.3 Å². The zero-order valence-corrected chi connectivity index (χ0v) is 15.2. The summed E-state index contributed by atoms with van der Waals surface area (Å²) < 4.78 is 1.83. The summed E-state index contributed by atoms with van der Waals surface area (Å²) in [5.41, 5.74) is 3.90. The molecule has 0 aromatic carbocycles. The summed E-state index contributed by atoms with van der Waals surface area (Å²) in [6.07, 6.45) is 4.23. The molecule has 0 atom stereocenters. The second kappa shape index (κ2) is 6.63. The summed E-state index contributed by atoms with van der Waals surface area (Å²) in [6.45, 7) is 2.14. The van der Waals surface area contributed by atoms with Crippen LogP contribution in [0.15, 0.2) is 11.4 Å². The fourth-order valence-electron chi connectivity index (χ4n) is 3.80. The number of nitrogens with one attached hydrogen (secondary N) is 1. The normalized spacial score (nSPS) is 16.0. The first-order chi connectivity index (χ1) is 12.1. The number of aryl methyl sites for hydroxylation is 2. The quantitative estimate of drug-likeness (QED) is 0.831. The molecule has 0 radical (unpaired) electrons. The van der Waals surface area contributed by atoms with Crippen molar-refractivity contribution in [3.63, 3.8) is 0 Å². The summed E-state index contributed by atoms with van der Waals surface area (Å²) in [5, 5.41) is 9.56. The smallest absolute Gasteiger partial charge is 0.272 e. The van der Waals surface area contributed by atoms with Gasteiger partial charge in [-0.25, -0.2) is 0 Å². The van der Waals surface area contributed by atoms with Gasteiger partial charge in [0.1, 0.15) is 0 Å². The highest BCUT2D eigenvalue weighted by molar-refractivity contribution is 7.10. The number of hydrogen-bond donors (Lipinski definition) is 1. The van der Waals surface area contributed by atoms with Gasteiger partial charge in [0.2, 0.25) is 5.91 Å². The topological polar surface area (TPSA) is 67.2 Å². The molecule has 0 spiro atoms. The van der Waals surface area contributed by atoms with Crippen LogP contribution in [0.2, 0.25) is 0 Å². The van der Waals surface area contributed by atoms with Gasteiger partial charge in [0.05, 0.1) is 5.69 Å². The number of thiophene rings is 1. The van der Waals surface area contributed by atoms with Crippen LogP contribution in [0.1, 0.15) is 40.2 Å². The Bertz CT molecular complexity index is 823. The van der Waals surface area contributed by atoms with E-state index in [0.717, 1.165) is 50.0 Å². The summed E-state index contributed by atoms with van der Waals surface area (Å²) >= 11 is 1.77. The fraction of sp³-hybridized carbons (Fsp3) is 0.500. The van der Waals surface area contributed by atoms with E-state index in [-0.39, 0.29) is 11.8 Å². The zero-order chi connectivity index (χ0) is 17.4. The molecule has 3 heterocycles. The average molecular weight is 358 g/mol. The molecule has 2 aliphatic rings. The third kappa shape index (κ3) is 2.97. The predicted molar refractivity (Wildman–Crippen MR) is 96.7 cm³/mol. The lowest BCUT2D eigenvalue weighted by molar-refractivity contribution is -0.127. The third-order valence-electron chi connectivity index (χ3n) is 5.02. The van der Waals surface area contributed by atoms with Crippen molar-refractivity contribution < 1.29 is 9.59 Å². The maximum absolute atomic E-state index is 12.6. The van der Waals surface area contributed by atoms with Crippen LogP contribution >= 0.6 is 11.3 Å². The minimum atomic E-state index is -0.108. The van der Waals surface area contributed by atoms with Crippen LogP contribution in [0.25, 0.3) is 11.3 Å². The van der Waals surface area contributed by atoms with Gasteiger partial charge < -0.3 is 10.2 Å². The van der Waals surface area contributed by atoms with Crippen molar-refractivity contribution in [3.05, 3.63) is 27.6 Å². The van der Waals surface area contributed by atoms with Crippen molar-refractivity contribution in [1.29, 1.82) is 0 Å². The van der Waals surface area contributed by atoms with Gasteiger partial charge in [0, 0.05) is 49.1 Å². The lowest BCUT2D eigenvalue weighted by Gasteiger charge is -2.15. The number of fused-ring (bicyclic) bond motifs is 3. The Kier molecular flexibility index (Phi) is 4.33. The molecule has 1 fully saturated rings. The van der Waals surface area contributed by atoms with E-state index in [1.165, 1.54) is 10.4 Å². The molecule has 2 aromatic heterocycles. The van der Waals surface area contributed by atoms with Crippen LogP contribution < -0.4 is 5.32 Å². The van der Waals surface area contributed by atoms with E-state index in [2.05, 4.69) is 21.9 Å². The van der Waals surface area contributed by atoms with Gasteiger partial charge in [0.15, 0.2) is 5.69 Å². The first kappa shape index (κ1) is 16.3. The number of amides is 2. The third-order valence-corrected chi connectivity index (χ3v) is 6.01. The van der Waals surface area contributed by atoms with Crippen LogP contribution in [0.5, 0.6) is 0 Å². The van der Waals surface area contributed by atoms with E-state index < -0.39 is 0 Å². The summed E-state index contributed by atoms with van der Waals surface area (Å²) in [4.78, 5) is 27.4. The number of hydrogen-bond acceptors (Lipinski definition) is 4. The van der Waals surface area contributed by atoms with Gasteiger partial charge in [-0.05, 0) is 37.1 Å². The lowest BCUT2D eigenvalue weighted by Crippen LogP contribution is -2.31. The fourth-order valence-corrected chi connectivity index (χ4v) is 4.68. The number of carbonyl (C=O) groups is 2. The number of likely N-dealkylation sites (tertiary alicyclic amines) is 1. The van der Waals surface area contributed by atoms with Crippen molar-refractivity contribution in [2.24, 2.45) is 7.05 Å². The molecule has 4 rings (SSSR count). The molecule has 1 aliphatic heterocycles. The number of nitrogens with zero attached hydrogens (tertiary/aromatic N) is 3. The molecule has 1 saturated heterocycles. The van der Waals surface area contributed by atoms with Crippen LogP contribution in [0.4, 0.5) is 0 Å². The minimum absolute atomic E-state index is 0.108. The van der Waals surface area contributed by atoms with Crippen molar-refractivity contribution in [2.45, 2.75) is 32.1 Å². The van der Waals surface area contributed by atoms with Gasteiger partial charge in [0.25, 0.3) is 5.91 Å². The molecule has 0 bridgehead atoms. The largest absolute Gasteiger partial charge is 0.351 e. The highest BCUT2D eigenvalue weighted by atomic mass is 32.1. The van der Waals surface area contributed by atoms with Gasteiger partial charge in [-0.2, -0.15) is 5.10 Å². The van der Waals surface area contributed by atoms with E-state index in [0.29, 0.717) is 18.7 Å². The van der Waals surface area contributed by atoms with Gasteiger partial charge in [-0.1, -0.05) is 0 Å². The van der Waals surface area contributed by atoms with Crippen LogP contribution in [0.3, 0.4) is 0 Å². The molecule has 7 heteroatoms. The molecule has 1 N–H and O–H groups in total. The summed E-state index contributed by atoms with van der Waals surface area (Å²) in [6, 6.07) is 2.12. The van der Waals surface area contributed by atoms with E-state index in [9.17, 15) is 9.59 Å². The van der Waals surface area contributed by atoms with Crippen molar-refractivity contribution in [2.75, 3.05) is 19.6 Å². The highest BCUT2D eigenvalue weighted by Gasteiger charge is 2.27. The molecular weight excluding hydrogens is 336 g/mol. The summed E-state index contributed by atoms with van der Waals surface area (Å²) in [7, 11) is 1.90. The van der Waals surface area contributed by atoms with Crippen LogP contribution in [-0.2, 0) is 24.7 Å². The van der Waals surface area contributed by atoms with E-state index >= 15 is 0 Å². The molecule has 25 heavy (non-hydrogen) atoms. The molecule has 0 saturated carbocycles. The Hall–Kier alpha value is -2.15. The molecule has 132 valence electrons. The average Bonchev–Trinajstić information content (AvgIpc) is 3.30. The van der Waals surface area contributed by atoms with Gasteiger partial charge in [-0.3, -0.25) is 14.3 Å². The Labute approximate surface area is 150 Å². The molecule has 6 nitrogen and oxygen atoms in total. The van der Waals surface area contributed by atoms with E-state index in [4.69, 9.17) is 0 Å². The second-order valence-electron chi connectivity index (χ2n) is 6.65. The number of rotatable bonds is 5. The molecule has 0 unspecified atom stereocenters. The lowest BCUT2D eigenvalue weighted by atomic mass is 9.94. The Morgan fingerprint density at radius 2 is 2.24 bits per heavy atom. The highest BCUT2D eigenvalue weighted by Crippen LogP contribution is 2.37. The van der Waals surface area contributed by atoms with Gasteiger partial charge >= 0.3 is 0 Å². The Morgan fingerprint density at radius 3 is 3.04 bits per heavy atom. The SMILES string of the molecule is Cn1nc(C(=O)NCCCN2CCCC2=O)c2c1-c1ccsc1CC2. The van der Waals surface area contributed by atoms with Crippen molar-refractivity contribution >= 4 is 23.2 Å². The molecule has 2 aromatic rings. The first-order valence-electron chi connectivity index (χ1n) is 8.83. The number of aromatic nitrogens is 2. The maximum Gasteiger partial charge on any atom is 0.272 e. The first-order valence-corrected chi connectivity index (χ1v) is 9.71. The summed E-state index contributed by atoms with van der Waals surface area (Å²) in [5.74, 6) is 0.125. The molecule has 2 amide bonds. The van der Waals surface area contributed by atoms with Crippen LogP contribution in [-0.4, -0.2) is 46.1 Å².